The van der Waals surface area contributed by atoms with Crippen molar-refractivity contribution in [2.75, 3.05) is 43.5 Å². The summed E-state index contributed by atoms with van der Waals surface area (Å²) in [4.78, 5) is 28.7. The molecule has 1 aliphatic rings. The van der Waals surface area contributed by atoms with Crippen LogP contribution in [0.2, 0.25) is 0 Å². The Hall–Kier alpha value is -3.01. The number of carbonyl (C=O) groups excluding carboxylic acids is 2. The van der Waals surface area contributed by atoms with Crippen LogP contribution in [0, 0.1) is 19.7 Å². The van der Waals surface area contributed by atoms with Crippen LogP contribution in [0.15, 0.2) is 41.8 Å². The van der Waals surface area contributed by atoms with Gasteiger partial charge < -0.3 is 19.9 Å². The number of thiophene rings is 1. The minimum atomic E-state index is -0.549. The third kappa shape index (κ3) is 5.91. The van der Waals surface area contributed by atoms with Crippen LogP contribution in [0.25, 0.3) is 0 Å². The standard InChI is InChI=1S/C25H29FN4O3S/c1-17-14-21(18(2)30(17)16-20-4-3-13-34-20)25(32)27-19-5-6-22(26)23(15-19)28-24(31)7-8-29-9-11-33-12-10-29/h3-6,13-15H,7-12,16H2,1-2H3,(H,27,32)(H,28,31). The lowest BCUT2D eigenvalue weighted by Crippen LogP contribution is -2.38. The average molecular weight is 485 g/mol. The van der Waals surface area contributed by atoms with Gasteiger partial charge in [-0.25, -0.2) is 4.39 Å². The summed E-state index contributed by atoms with van der Waals surface area (Å²) in [5, 5.41) is 7.49. The quantitative estimate of drug-likeness (QED) is 0.501. The van der Waals surface area contributed by atoms with E-state index in [0.717, 1.165) is 24.5 Å². The molecule has 3 aromatic rings. The van der Waals surface area contributed by atoms with Crippen molar-refractivity contribution in [3.63, 3.8) is 0 Å². The van der Waals surface area contributed by atoms with Gasteiger partial charge in [0.25, 0.3) is 5.91 Å². The van der Waals surface area contributed by atoms with Gasteiger partial charge in [-0.3, -0.25) is 14.5 Å². The van der Waals surface area contributed by atoms with Gasteiger partial charge in [0.05, 0.1) is 31.0 Å². The molecule has 0 saturated carbocycles. The molecular weight excluding hydrogens is 455 g/mol. The molecule has 34 heavy (non-hydrogen) atoms. The smallest absolute Gasteiger partial charge is 0.257 e. The number of hydrogen-bond donors (Lipinski definition) is 2. The van der Waals surface area contributed by atoms with E-state index in [1.807, 2.05) is 31.4 Å². The highest BCUT2D eigenvalue weighted by Gasteiger charge is 2.18. The lowest BCUT2D eigenvalue weighted by Gasteiger charge is -2.26. The maximum Gasteiger partial charge on any atom is 0.257 e. The number of hydrogen-bond acceptors (Lipinski definition) is 5. The van der Waals surface area contributed by atoms with E-state index in [0.29, 0.717) is 37.6 Å². The fraction of sp³-hybridized carbons (Fsp3) is 0.360. The van der Waals surface area contributed by atoms with Crippen LogP contribution >= 0.6 is 11.3 Å². The van der Waals surface area contributed by atoms with Gasteiger partial charge in [-0.05, 0) is 49.6 Å². The first-order valence-electron chi connectivity index (χ1n) is 11.3. The van der Waals surface area contributed by atoms with Crippen LogP contribution in [0.1, 0.15) is 33.0 Å². The minimum Gasteiger partial charge on any atom is -0.379 e. The predicted molar refractivity (Wildman–Crippen MR) is 132 cm³/mol. The molecule has 180 valence electrons. The average Bonchev–Trinajstić information content (AvgIpc) is 3.44. The molecule has 7 nitrogen and oxygen atoms in total. The molecule has 0 bridgehead atoms. The Morgan fingerprint density at radius 3 is 2.65 bits per heavy atom. The largest absolute Gasteiger partial charge is 0.379 e. The van der Waals surface area contributed by atoms with Crippen LogP contribution in [-0.4, -0.2) is 54.1 Å². The molecule has 0 spiro atoms. The zero-order valence-electron chi connectivity index (χ0n) is 19.4. The van der Waals surface area contributed by atoms with Gasteiger partial charge >= 0.3 is 0 Å². The number of ether oxygens (including phenoxy) is 1. The summed E-state index contributed by atoms with van der Waals surface area (Å²) in [6, 6.07) is 10.1. The van der Waals surface area contributed by atoms with Crippen LogP contribution in [0.4, 0.5) is 15.8 Å². The van der Waals surface area contributed by atoms with Crippen molar-refractivity contribution in [1.82, 2.24) is 9.47 Å². The molecule has 1 fully saturated rings. The second-order valence-corrected chi connectivity index (χ2v) is 9.38. The van der Waals surface area contributed by atoms with Crippen LogP contribution < -0.4 is 10.6 Å². The third-order valence-corrected chi connectivity index (χ3v) is 6.83. The van der Waals surface area contributed by atoms with E-state index in [1.54, 1.807) is 11.3 Å². The van der Waals surface area contributed by atoms with Gasteiger partial charge in [-0.15, -0.1) is 11.3 Å². The lowest BCUT2D eigenvalue weighted by atomic mass is 10.2. The number of rotatable bonds is 8. The number of halogens is 1. The first-order valence-corrected chi connectivity index (χ1v) is 12.2. The first-order chi connectivity index (χ1) is 16.4. The molecule has 3 heterocycles. The van der Waals surface area contributed by atoms with Crippen LogP contribution in [0.5, 0.6) is 0 Å². The van der Waals surface area contributed by atoms with E-state index in [9.17, 15) is 14.0 Å². The maximum atomic E-state index is 14.3. The van der Waals surface area contributed by atoms with Gasteiger partial charge in [0.15, 0.2) is 0 Å². The topological polar surface area (TPSA) is 75.6 Å². The van der Waals surface area contributed by atoms with Crippen LogP contribution in [-0.2, 0) is 16.1 Å². The second-order valence-electron chi connectivity index (χ2n) is 8.35. The molecule has 4 rings (SSSR count). The molecule has 0 unspecified atom stereocenters. The molecule has 1 aliphatic heterocycles. The zero-order chi connectivity index (χ0) is 24.1. The van der Waals surface area contributed by atoms with Gasteiger partial charge in [-0.1, -0.05) is 6.07 Å². The van der Waals surface area contributed by atoms with E-state index in [1.165, 1.54) is 23.1 Å². The predicted octanol–water partition coefficient (Wildman–Crippen LogP) is 4.27. The van der Waals surface area contributed by atoms with Crippen LogP contribution in [0.3, 0.4) is 0 Å². The Bertz CT molecular complexity index is 1150. The van der Waals surface area contributed by atoms with E-state index < -0.39 is 5.82 Å². The van der Waals surface area contributed by atoms with E-state index >= 15 is 0 Å². The molecule has 0 atom stereocenters. The SMILES string of the molecule is Cc1cc(C(=O)Nc2ccc(F)c(NC(=O)CCN3CCOCC3)c2)c(C)n1Cc1cccs1. The van der Waals surface area contributed by atoms with Gasteiger partial charge in [0.2, 0.25) is 5.91 Å². The number of nitrogens with zero attached hydrogens (tertiary/aromatic N) is 2. The normalized spacial score (nSPS) is 14.2. The Morgan fingerprint density at radius 1 is 1.12 bits per heavy atom. The maximum absolute atomic E-state index is 14.3. The number of morpholine rings is 1. The van der Waals surface area contributed by atoms with Crippen molar-refractivity contribution in [3.8, 4) is 0 Å². The van der Waals surface area contributed by atoms with Crippen molar-refractivity contribution in [1.29, 1.82) is 0 Å². The highest BCUT2D eigenvalue weighted by Crippen LogP contribution is 2.23. The molecule has 1 saturated heterocycles. The number of aryl methyl sites for hydroxylation is 1. The van der Waals surface area contributed by atoms with Crippen molar-refractivity contribution < 1.29 is 18.7 Å². The Kier molecular flexibility index (Phi) is 7.77. The number of aromatic nitrogens is 1. The Morgan fingerprint density at radius 2 is 1.91 bits per heavy atom. The highest BCUT2D eigenvalue weighted by atomic mass is 32.1. The molecule has 9 heteroatoms. The van der Waals surface area contributed by atoms with Gasteiger partial charge in [0, 0.05) is 48.0 Å². The molecule has 1 aromatic carbocycles. The van der Waals surface area contributed by atoms with Gasteiger partial charge in [0.1, 0.15) is 5.82 Å². The summed E-state index contributed by atoms with van der Waals surface area (Å²) in [5.74, 6) is -1.10. The summed E-state index contributed by atoms with van der Waals surface area (Å²) >= 11 is 1.67. The molecule has 0 radical (unpaired) electrons. The number of nitrogens with one attached hydrogen (secondary N) is 2. The molecule has 2 N–H and O–H groups in total. The minimum absolute atomic E-state index is 0.0490. The summed E-state index contributed by atoms with van der Waals surface area (Å²) < 4.78 is 21.7. The summed E-state index contributed by atoms with van der Waals surface area (Å²) in [7, 11) is 0. The summed E-state index contributed by atoms with van der Waals surface area (Å²) in [6.45, 7) is 8.09. The zero-order valence-corrected chi connectivity index (χ0v) is 20.2. The Labute approximate surface area is 202 Å². The molecule has 2 amide bonds. The Balaban J connectivity index is 1.39. The first kappa shape index (κ1) is 24.1. The summed E-state index contributed by atoms with van der Waals surface area (Å²) in [6.07, 6.45) is 0.256. The second kappa shape index (κ2) is 10.9. The number of benzene rings is 1. The van der Waals surface area contributed by atoms with E-state index in [4.69, 9.17) is 4.74 Å². The fourth-order valence-corrected chi connectivity index (χ4v) is 4.72. The van der Waals surface area contributed by atoms with E-state index in [2.05, 4.69) is 26.2 Å². The monoisotopic (exact) mass is 484 g/mol. The number of anilines is 2. The van der Waals surface area contributed by atoms with Crippen molar-refractivity contribution in [3.05, 3.63) is 69.4 Å². The molecule has 0 aliphatic carbocycles. The summed E-state index contributed by atoms with van der Waals surface area (Å²) in [5.41, 5.74) is 2.88. The number of carbonyl (C=O) groups is 2. The van der Waals surface area contributed by atoms with Gasteiger partial charge in [-0.2, -0.15) is 0 Å². The lowest BCUT2D eigenvalue weighted by molar-refractivity contribution is -0.116. The highest BCUT2D eigenvalue weighted by molar-refractivity contribution is 7.09. The molecular formula is C25H29FN4O3S. The number of amides is 2. The molecule has 2 aromatic heterocycles. The van der Waals surface area contributed by atoms with Crippen molar-refractivity contribution in [2.24, 2.45) is 0 Å². The third-order valence-electron chi connectivity index (χ3n) is 5.97. The van der Waals surface area contributed by atoms with Crippen molar-refractivity contribution in [2.45, 2.75) is 26.8 Å². The fourth-order valence-electron chi connectivity index (χ4n) is 4.03. The van der Waals surface area contributed by atoms with E-state index in [-0.39, 0.29) is 23.9 Å². The van der Waals surface area contributed by atoms with Crippen molar-refractivity contribution >= 4 is 34.5 Å².